The van der Waals surface area contributed by atoms with Crippen molar-refractivity contribution in [3.63, 3.8) is 0 Å². The fourth-order valence-corrected chi connectivity index (χ4v) is 2.79. The van der Waals surface area contributed by atoms with Crippen molar-refractivity contribution >= 4 is 32.7 Å². The van der Waals surface area contributed by atoms with Crippen LogP contribution in [0.2, 0.25) is 0 Å². The molecule has 0 bridgehead atoms. The minimum atomic E-state index is -0.257. The lowest BCUT2D eigenvalue weighted by Gasteiger charge is -2.20. The number of nitrogens with zero attached hydrogens (tertiary/aromatic N) is 1. The van der Waals surface area contributed by atoms with Crippen molar-refractivity contribution < 1.29 is 4.79 Å². The Morgan fingerprint density at radius 1 is 1.21 bits per heavy atom. The molecule has 19 heavy (non-hydrogen) atoms. The van der Waals surface area contributed by atoms with Crippen LogP contribution in [-0.2, 0) is 0 Å². The number of aryl methyl sites for hydroxylation is 2. The highest BCUT2D eigenvalue weighted by Gasteiger charge is 2.15. The van der Waals surface area contributed by atoms with Crippen LogP contribution in [0.1, 0.15) is 31.9 Å². The summed E-state index contributed by atoms with van der Waals surface area (Å²) in [6.45, 7) is 9.91. The maximum absolute atomic E-state index is 11.8. The van der Waals surface area contributed by atoms with Gasteiger partial charge in [0.15, 0.2) is 5.13 Å². The first-order valence-corrected chi connectivity index (χ1v) is 7.04. The van der Waals surface area contributed by atoms with Gasteiger partial charge in [-0.25, -0.2) is 9.78 Å². The SMILES string of the molecule is Cc1ccc(C)c2sc(NC(=O)NC(C)(C)C)nc12. The van der Waals surface area contributed by atoms with E-state index in [4.69, 9.17) is 0 Å². The zero-order valence-corrected chi connectivity index (χ0v) is 12.7. The number of benzene rings is 1. The molecule has 1 heterocycles. The quantitative estimate of drug-likeness (QED) is 0.832. The van der Waals surface area contributed by atoms with Crippen LogP contribution in [0.4, 0.5) is 9.93 Å². The molecule has 1 aromatic heterocycles. The number of aromatic nitrogens is 1. The van der Waals surface area contributed by atoms with Gasteiger partial charge in [0.2, 0.25) is 0 Å². The number of amides is 2. The first-order chi connectivity index (χ1) is 8.76. The summed E-state index contributed by atoms with van der Waals surface area (Å²) >= 11 is 1.51. The van der Waals surface area contributed by atoms with E-state index in [9.17, 15) is 4.79 Å². The van der Waals surface area contributed by atoms with Gasteiger partial charge in [0.25, 0.3) is 0 Å². The highest BCUT2D eigenvalue weighted by molar-refractivity contribution is 7.22. The molecule has 0 atom stereocenters. The molecule has 0 aliphatic carbocycles. The van der Waals surface area contributed by atoms with Gasteiger partial charge in [-0.05, 0) is 45.7 Å². The summed E-state index contributed by atoms with van der Waals surface area (Å²) < 4.78 is 1.13. The molecule has 2 N–H and O–H groups in total. The Balaban J connectivity index is 2.25. The van der Waals surface area contributed by atoms with Gasteiger partial charge in [0.1, 0.15) is 0 Å². The summed E-state index contributed by atoms with van der Waals surface area (Å²) in [5.74, 6) is 0. The molecule has 0 fully saturated rings. The van der Waals surface area contributed by atoms with Crippen LogP contribution in [-0.4, -0.2) is 16.6 Å². The lowest BCUT2D eigenvalue weighted by atomic mass is 10.1. The van der Waals surface area contributed by atoms with Gasteiger partial charge >= 0.3 is 6.03 Å². The van der Waals surface area contributed by atoms with E-state index in [-0.39, 0.29) is 11.6 Å². The molecule has 2 aromatic rings. The van der Waals surface area contributed by atoms with E-state index in [0.29, 0.717) is 5.13 Å². The molecule has 1 aromatic carbocycles. The molecule has 0 saturated heterocycles. The molecular weight excluding hydrogens is 258 g/mol. The van der Waals surface area contributed by atoms with E-state index in [0.717, 1.165) is 15.8 Å². The number of anilines is 1. The summed E-state index contributed by atoms with van der Waals surface area (Å²) in [7, 11) is 0. The van der Waals surface area contributed by atoms with Crippen molar-refractivity contribution in [2.75, 3.05) is 5.32 Å². The van der Waals surface area contributed by atoms with Gasteiger partial charge < -0.3 is 5.32 Å². The van der Waals surface area contributed by atoms with E-state index >= 15 is 0 Å². The number of hydrogen-bond donors (Lipinski definition) is 2. The smallest absolute Gasteiger partial charge is 0.321 e. The Morgan fingerprint density at radius 2 is 1.84 bits per heavy atom. The van der Waals surface area contributed by atoms with Gasteiger partial charge in [0, 0.05) is 5.54 Å². The number of carbonyl (C=O) groups is 1. The van der Waals surface area contributed by atoms with Crippen molar-refractivity contribution in [1.29, 1.82) is 0 Å². The van der Waals surface area contributed by atoms with E-state index in [2.05, 4.69) is 34.7 Å². The second-order valence-corrected chi connectivity index (χ2v) is 6.72. The van der Waals surface area contributed by atoms with Crippen LogP contribution in [0.15, 0.2) is 12.1 Å². The summed E-state index contributed by atoms with van der Waals surface area (Å²) in [6, 6.07) is 3.91. The van der Waals surface area contributed by atoms with Gasteiger partial charge in [-0.15, -0.1) is 0 Å². The fourth-order valence-electron chi connectivity index (χ4n) is 1.78. The third-order valence-electron chi connectivity index (χ3n) is 2.65. The molecule has 0 aliphatic rings. The van der Waals surface area contributed by atoms with Crippen LogP contribution in [0.3, 0.4) is 0 Å². The molecule has 0 saturated carbocycles. The average Bonchev–Trinajstić information content (AvgIpc) is 2.65. The Morgan fingerprint density at radius 3 is 2.42 bits per heavy atom. The molecule has 2 rings (SSSR count). The third kappa shape index (κ3) is 3.23. The zero-order chi connectivity index (χ0) is 14.2. The highest BCUT2D eigenvalue weighted by Crippen LogP contribution is 2.30. The highest BCUT2D eigenvalue weighted by atomic mass is 32.1. The van der Waals surface area contributed by atoms with E-state index in [1.165, 1.54) is 16.9 Å². The monoisotopic (exact) mass is 277 g/mol. The van der Waals surface area contributed by atoms with Crippen molar-refractivity contribution in [3.05, 3.63) is 23.3 Å². The second kappa shape index (κ2) is 4.81. The third-order valence-corrected chi connectivity index (χ3v) is 3.76. The Hall–Kier alpha value is -1.62. The molecule has 2 amide bonds. The normalized spacial score (nSPS) is 11.6. The van der Waals surface area contributed by atoms with Crippen molar-refractivity contribution in [3.8, 4) is 0 Å². The number of nitrogens with one attached hydrogen (secondary N) is 2. The molecule has 0 aliphatic heterocycles. The summed E-state index contributed by atoms with van der Waals surface area (Å²) in [4.78, 5) is 16.3. The van der Waals surface area contributed by atoms with E-state index in [1.54, 1.807) is 0 Å². The number of rotatable bonds is 1. The molecule has 0 unspecified atom stereocenters. The fraction of sp³-hybridized carbons (Fsp3) is 0.429. The van der Waals surface area contributed by atoms with Crippen molar-refractivity contribution in [2.24, 2.45) is 0 Å². The maximum Gasteiger partial charge on any atom is 0.321 e. The Bertz CT molecular complexity index is 586. The topological polar surface area (TPSA) is 54.0 Å². The molecule has 0 radical (unpaired) electrons. The summed E-state index contributed by atoms with van der Waals surface area (Å²) in [6.07, 6.45) is 0. The van der Waals surface area contributed by atoms with Crippen LogP contribution in [0, 0.1) is 13.8 Å². The number of fused-ring (bicyclic) bond motifs is 1. The molecule has 5 heteroatoms. The van der Waals surface area contributed by atoms with Crippen LogP contribution in [0.5, 0.6) is 0 Å². The summed E-state index contributed by atoms with van der Waals surface area (Å²) in [5, 5.41) is 6.29. The van der Waals surface area contributed by atoms with E-state index < -0.39 is 0 Å². The zero-order valence-electron chi connectivity index (χ0n) is 11.9. The lowest BCUT2D eigenvalue weighted by molar-refractivity contribution is 0.244. The molecular formula is C14H19N3OS. The molecule has 102 valence electrons. The average molecular weight is 277 g/mol. The first kappa shape index (κ1) is 13.8. The number of urea groups is 1. The van der Waals surface area contributed by atoms with Gasteiger partial charge in [-0.3, -0.25) is 5.32 Å². The predicted molar refractivity (Wildman–Crippen MR) is 81.0 cm³/mol. The lowest BCUT2D eigenvalue weighted by Crippen LogP contribution is -2.43. The summed E-state index contributed by atoms with van der Waals surface area (Å²) in [5.41, 5.74) is 3.02. The maximum atomic E-state index is 11.8. The second-order valence-electron chi connectivity index (χ2n) is 5.73. The number of thiazole rings is 1. The minimum absolute atomic E-state index is 0.220. The van der Waals surface area contributed by atoms with Gasteiger partial charge in [-0.1, -0.05) is 23.5 Å². The van der Waals surface area contributed by atoms with Gasteiger partial charge in [-0.2, -0.15) is 0 Å². The van der Waals surface area contributed by atoms with Crippen LogP contribution >= 0.6 is 11.3 Å². The Kier molecular flexibility index (Phi) is 3.49. The standard InChI is InChI=1S/C14H19N3OS/c1-8-6-7-9(2)11-10(8)15-13(19-11)16-12(18)17-14(3,4)5/h6-7H,1-5H3,(H2,15,16,17,18). The van der Waals surface area contributed by atoms with Gasteiger partial charge in [0.05, 0.1) is 10.2 Å². The number of carbonyl (C=O) groups excluding carboxylic acids is 1. The number of hydrogen-bond acceptors (Lipinski definition) is 3. The van der Waals surface area contributed by atoms with E-state index in [1.807, 2.05) is 27.7 Å². The first-order valence-electron chi connectivity index (χ1n) is 6.22. The van der Waals surface area contributed by atoms with Crippen molar-refractivity contribution in [1.82, 2.24) is 10.3 Å². The molecule has 4 nitrogen and oxygen atoms in total. The largest absolute Gasteiger partial charge is 0.333 e. The molecule has 0 spiro atoms. The van der Waals surface area contributed by atoms with Crippen LogP contribution < -0.4 is 10.6 Å². The minimum Gasteiger partial charge on any atom is -0.333 e. The van der Waals surface area contributed by atoms with Crippen LogP contribution in [0.25, 0.3) is 10.2 Å². The van der Waals surface area contributed by atoms with Crippen molar-refractivity contribution in [2.45, 2.75) is 40.2 Å². The Labute approximate surface area is 117 Å². The predicted octanol–water partition coefficient (Wildman–Crippen LogP) is 3.83.